The average molecular weight is 324 g/mol. The molecule has 0 atom stereocenters. The number of aromatic nitrogens is 3. The van der Waals surface area contributed by atoms with Gasteiger partial charge in [0.1, 0.15) is 0 Å². The van der Waals surface area contributed by atoms with Crippen molar-refractivity contribution in [2.45, 2.75) is 20.4 Å². The summed E-state index contributed by atoms with van der Waals surface area (Å²) in [5.74, 6) is 0.644. The Hall–Kier alpha value is -2.89. The Morgan fingerprint density at radius 3 is 2.67 bits per heavy atom. The predicted molar refractivity (Wildman–Crippen MR) is 94.2 cm³/mol. The van der Waals surface area contributed by atoms with Crippen LogP contribution >= 0.6 is 0 Å². The minimum Gasteiger partial charge on any atom is -0.318 e. The largest absolute Gasteiger partial charge is 0.318 e. The number of benzene rings is 1. The normalized spacial score (nSPS) is 11.2. The molecule has 0 unspecified atom stereocenters. The van der Waals surface area contributed by atoms with Crippen molar-refractivity contribution in [3.05, 3.63) is 58.5 Å². The SMILES string of the molecule is CC(C)Cn1c(NC(=O)c2ccc(=O)n(C)c2)nc2ccccc21. The third kappa shape index (κ3) is 3.08. The van der Waals surface area contributed by atoms with Gasteiger partial charge in [0.05, 0.1) is 16.6 Å². The molecule has 2 heterocycles. The van der Waals surface area contributed by atoms with E-state index in [9.17, 15) is 9.59 Å². The number of nitrogens with one attached hydrogen (secondary N) is 1. The summed E-state index contributed by atoms with van der Waals surface area (Å²) in [5, 5.41) is 2.87. The number of imidazole rings is 1. The lowest BCUT2D eigenvalue weighted by atomic mass is 10.2. The molecule has 0 bridgehead atoms. The van der Waals surface area contributed by atoms with E-state index in [1.54, 1.807) is 7.05 Å². The van der Waals surface area contributed by atoms with E-state index < -0.39 is 0 Å². The van der Waals surface area contributed by atoms with Crippen molar-refractivity contribution < 1.29 is 4.79 Å². The van der Waals surface area contributed by atoms with Gasteiger partial charge in [-0.05, 0) is 24.1 Å². The topological polar surface area (TPSA) is 68.9 Å². The minimum atomic E-state index is -0.286. The van der Waals surface area contributed by atoms with E-state index in [-0.39, 0.29) is 11.5 Å². The van der Waals surface area contributed by atoms with Crippen LogP contribution in [-0.2, 0) is 13.6 Å². The first-order valence-corrected chi connectivity index (χ1v) is 7.89. The molecule has 3 aromatic rings. The number of carbonyl (C=O) groups is 1. The first-order chi connectivity index (χ1) is 11.5. The van der Waals surface area contributed by atoms with Crippen LogP contribution in [0, 0.1) is 5.92 Å². The number of nitrogens with zero attached hydrogens (tertiary/aromatic N) is 3. The number of rotatable bonds is 4. The fourth-order valence-electron chi connectivity index (χ4n) is 2.62. The second kappa shape index (κ2) is 6.31. The maximum Gasteiger partial charge on any atom is 0.259 e. The molecular formula is C18H20N4O2. The van der Waals surface area contributed by atoms with Crippen LogP contribution < -0.4 is 10.9 Å². The first kappa shape index (κ1) is 16.0. The van der Waals surface area contributed by atoms with E-state index in [1.807, 2.05) is 28.8 Å². The zero-order chi connectivity index (χ0) is 17.3. The van der Waals surface area contributed by atoms with Gasteiger partial charge in [-0.1, -0.05) is 26.0 Å². The molecule has 0 fully saturated rings. The summed E-state index contributed by atoms with van der Waals surface area (Å²) in [6.45, 7) is 4.99. The quantitative estimate of drug-likeness (QED) is 0.802. The van der Waals surface area contributed by atoms with Crippen molar-refractivity contribution in [3.8, 4) is 0 Å². The van der Waals surface area contributed by atoms with Crippen molar-refractivity contribution in [2.75, 3.05) is 5.32 Å². The Morgan fingerprint density at radius 1 is 1.21 bits per heavy atom. The summed E-state index contributed by atoms with van der Waals surface area (Å²) in [7, 11) is 1.62. The van der Waals surface area contributed by atoms with Crippen molar-refractivity contribution >= 4 is 22.9 Å². The van der Waals surface area contributed by atoms with Crippen LogP contribution in [0.15, 0.2) is 47.4 Å². The fraction of sp³-hybridized carbons (Fsp3) is 0.278. The number of hydrogen-bond acceptors (Lipinski definition) is 3. The van der Waals surface area contributed by atoms with Gasteiger partial charge in [-0.15, -0.1) is 0 Å². The Bertz CT molecular complexity index is 953. The highest BCUT2D eigenvalue weighted by Crippen LogP contribution is 2.21. The van der Waals surface area contributed by atoms with Crippen LogP contribution in [0.25, 0.3) is 11.0 Å². The van der Waals surface area contributed by atoms with Crippen molar-refractivity contribution in [1.29, 1.82) is 0 Å². The Kier molecular flexibility index (Phi) is 4.20. The predicted octanol–water partition coefficient (Wildman–Crippen LogP) is 2.64. The Morgan fingerprint density at radius 2 is 1.96 bits per heavy atom. The molecule has 0 radical (unpaired) electrons. The molecule has 0 saturated heterocycles. The first-order valence-electron chi connectivity index (χ1n) is 7.89. The number of aryl methyl sites for hydroxylation is 1. The smallest absolute Gasteiger partial charge is 0.259 e. The van der Waals surface area contributed by atoms with Gasteiger partial charge in [0, 0.05) is 25.9 Å². The van der Waals surface area contributed by atoms with Crippen molar-refractivity contribution in [3.63, 3.8) is 0 Å². The third-order valence-corrected chi connectivity index (χ3v) is 3.78. The Balaban J connectivity index is 1.98. The summed E-state index contributed by atoms with van der Waals surface area (Å²) in [4.78, 5) is 28.5. The molecule has 3 rings (SSSR count). The van der Waals surface area contributed by atoms with Gasteiger partial charge in [0.25, 0.3) is 5.91 Å². The summed E-state index contributed by atoms with van der Waals surface area (Å²) in [6, 6.07) is 10.7. The third-order valence-electron chi connectivity index (χ3n) is 3.78. The minimum absolute atomic E-state index is 0.154. The van der Waals surface area contributed by atoms with Crippen molar-refractivity contribution in [2.24, 2.45) is 13.0 Å². The molecule has 124 valence electrons. The van der Waals surface area contributed by atoms with E-state index in [0.717, 1.165) is 17.6 Å². The molecule has 1 N–H and O–H groups in total. The van der Waals surface area contributed by atoms with Crippen LogP contribution in [0.5, 0.6) is 0 Å². The summed E-state index contributed by atoms with van der Waals surface area (Å²) in [5.41, 5.74) is 2.09. The van der Waals surface area contributed by atoms with Gasteiger partial charge in [0.2, 0.25) is 11.5 Å². The number of hydrogen-bond donors (Lipinski definition) is 1. The molecular weight excluding hydrogens is 304 g/mol. The molecule has 0 saturated carbocycles. The molecule has 2 aromatic heterocycles. The summed E-state index contributed by atoms with van der Waals surface area (Å²) < 4.78 is 3.39. The second-order valence-corrected chi connectivity index (χ2v) is 6.25. The lowest BCUT2D eigenvalue weighted by Gasteiger charge is -2.12. The van der Waals surface area contributed by atoms with Gasteiger partial charge in [0.15, 0.2) is 0 Å². The van der Waals surface area contributed by atoms with Crippen LogP contribution in [0.2, 0.25) is 0 Å². The number of amides is 1. The molecule has 0 aliphatic rings. The second-order valence-electron chi connectivity index (χ2n) is 6.25. The van der Waals surface area contributed by atoms with Crippen LogP contribution in [0.4, 0.5) is 5.95 Å². The molecule has 1 amide bonds. The highest BCUT2D eigenvalue weighted by Gasteiger charge is 2.15. The van der Waals surface area contributed by atoms with Gasteiger partial charge >= 0.3 is 0 Å². The summed E-state index contributed by atoms with van der Waals surface area (Å²) >= 11 is 0. The van der Waals surface area contributed by atoms with Crippen molar-refractivity contribution in [1.82, 2.24) is 14.1 Å². The molecule has 0 aliphatic carbocycles. The van der Waals surface area contributed by atoms with Gasteiger partial charge in [-0.3, -0.25) is 14.9 Å². The van der Waals surface area contributed by atoms with Crippen LogP contribution in [-0.4, -0.2) is 20.0 Å². The molecule has 6 nitrogen and oxygen atoms in total. The van der Waals surface area contributed by atoms with E-state index in [2.05, 4.69) is 24.1 Å². The number of para-hydroxylation sites is 2. The standard InChI is InChI=1S/C18H20N4O2/c1-12(2)10-22-15-7-5-4-6-14(15)19-18(22)20-17(24)13-8-9-16(23)21(3)11-13/h4-9,11-12H,10H2,1-3H3,(H,19,20,24). The number of carbonyl (C=O) groups excluding carboxylic acids is 1. The molecule has 0 spiro atoms. The highest BCUT2D eigenvalue weighted by molar-refractivity contribution is 6.03. The molecule has 6 heteroatoms. The molecule has 1 aromatic carbocycles. The molecule has 24 heavy (non-hydrogen) atoms. The maximum atomic E-state index is 12.5. The summed E-state index contributed by atoms with van der Waals surface area (Å²) in [6.07, 6.45) is 1.52. The van der Waals surface area contributed by atoms with Crippen LogP contribution in [0.1, 0.15) is 24.2 Å². The van der Waals surface area contributed by atoms with E-state index in [4.69, 9.17) is 0 Å². The average Bonchev–Trinajstić information content (AvgIpc) is 2.87. The lowest BCUT2D eigenvalue weighted by molar-refractivity contribution is 0.102. The zero-order valence-electron chi connectivity index (χ0n) is 14.0. The van der Waals surface area contributed by atoms with E-state index in [0.29, 0.717) is 17.4 Å². The van der Waals surface area contributed by atoms with Gasteiger partial charge in [-0.25, -0.2) is 4.98 Å². The monoisotopic (exact) mass is 324 g/mol. The number of pyridine rings is 1. The fourth-order valence-corrected chi connectivity index (χ4v) is 2.62. The highest BCUT2D eigenvalue weighted by atomic mass is 16.2. The van der Waals surface area contributed by atoms with E-state index >= 15 is 0 Å². The maximum absolute atomic E-state index is 12.5. The number of anilines is 1. The van der Waals surface area contributed by atoms with Gasteiger partial charge < -0.3 is 9.13 Å². The molecule has 0 aliphatic heterocycles. The van der Waals surface area contributed by atoms with E-state index in [1.165, 1.54) is 22.9 Å². The Labute approximate surface area is 139 Å². The van der Waals surface area contributed by atoms with Crippen LogP contribution in [0.3, 0.4) is 0 Å². The number of fused-ring (bicyclic) bond motifs is 1. The lowest BCUT2D eigenvalue weighted by Crippen LogP contribution is -2.21. The van der Waals surface area contributed by atoms with Gasteiger partial charge in [-0.2, -0.15) is 0 Å². The zero-order valence-corrected chi connectivity index (χ0v) is 14.0.